The van der Waals surface area contributed by atoms with Crippen LogP contribution in [0, 0.1) is 0 Å². The largest absolute Gasteiger partial charge is 0.468 e. The Hall–Kier alpha value is -1.14. The summed E-state index contributed by atoms with van der Waals surface area (Å²) in [7, 11) is 2.18. The number of piperidine rings is 1. The van der Waals surface area contributed by atoms with Gasteiger partial charge in [-0.1, -0.05) is 6.07 Å². The van der Waals surface area contributed by atoms with Crippen molar-refractivity contribution in [2.24, 2.45) is 0 Å². The average molecular weight is 346 g/mol. The van der Waals surface area contributed by atoms with Gasteiger partial charge in [0.15, 0.2) is 0 Å². The van der Waals surface area contributed by atoms with Crippen molar-refractivity contribution in [1.29, 1.82) is 0 Å². The number of hydrogen-bond donors (Lipinski definition) is 0. The standard InChI is InChI=1S/C19H26N2O2S/c1-20(13-17-4-2-10-22-17)16-12-19(23-15-16)6-8-21(9-7-19)14-18-5-3-11-24-18/h2-5,10-11,16H,6-9,12-15H2,1H3. The van der Waals surface area contributed by atoms with Gasteiger partial charge in [0.2, 0.25) is 0 Å². The van der Waals surface area contributed by atoms with Crippen LogP contribution < -0.4 is 0 Å². The van der Waals surface area contributed by atoms with E-state index in [1.165, 1.54) is 4.88 Å². The molecule has 2 saturated heterocycles. The topological polar surface area (TPSA) is 28.9 Å². The molecule has 2 fully saturated rings. The fourth-order valence-corrected chi connectivity index (χ4v) is 4.72. The Morgan fingerprint density at radius 3 is 2.88 bits per heavy atom. The van der Waals surface area contributed by atoms with Gasteiger partial charge in [-0.05, 0) is 49.9 Å². The summed E-state index contributed by atoms with van der Waals surface area (Å²) in [4.78, 5) is 6.42. The molecular weight excluding hydrogens is 320 g/mol. The fraction of sp³-hybridized carbons (Fsp3) is 0.579. The molecule has 4 nitrogen and oxygen atoms in total. The van der Waals surface area contributed by atoms with E-state index in [0.29, 0.717) is 6.04 Å². The average Bonchev–Trinajstić information content (AvgIpc) is 3.33. The minimum absolute atomic E-state index is 0.105. The number of likely N-dealkylation sites (tertiary alicyclic amines) is 1. The van der Waals surface area contributed by atoms with Crippen LogP contribution in [0.5, 0.6) is 0 Å². The highest BCUT2D eigenvalue weighted by molar-refractivity contribution is 7.09. The molecule has 0 bridgehead atoms. The SMILES string of the molecule is CN(Cc1ccco1)C1COC2(CCN(Cc3cccs3)CC2)C1. The Bertz CT molecular complexity index is 618. The second kappa shape index (κ2) is 7.00. The lowest BCUT2D eigenvalue weighted by molar-refractivity contribution is -0.0451. The van der Waals surface area contributed by atoms with Gasteiger partial charge in [0.1, 0.15) is 5.76 Å². The van der Waals surface area contributed by atoms with E-state index in [1.54, 1.807) is 6.26 Å². The lowest BCUT2D eigenvalue weighted by Crippen LogP contribution is -2.44. The molecule has 24 heavy (non-hydrogen) atoms. The molecule has 0 aliphatic carbocycles. The first-order valence-electron chi connectivity index (χ1n) is 8.84. The molecule has 2 aromatic rings. The van der Waals surface area contributed by atoms with E-state index in [9.17, 15) is 0 Å². The van der Waals surface area contributed by atoms with Crippen molar-refractivity contribution in [3.8, 4) is 0 Å². The van der Waals surface area contributed by atoms with Crippen molar-refractivity contribution in [3.05, 3.63) is 46.5 Å². The molecule has 2 aliphatic heterocycles. The third kappa shape index (κ3) is 3.59. The van der Waals surface area contributed by atoms with Gasteiger partial charge in [0.25, 0.3) is 0 Å². The summed E-state index contributed by atoms with van der Waals surface area (Å²) in [5, 5.41) is 2.17. The summed E-state index contributed by atoms with van der Waals surface area (Å²) in [6, 6.07) is 8.88. The summed E-state index contributed by atoms with van der Waals surface area (Å²) in [5.41, 5.74) is 0.105. The molecule has 130 valence electrons. The van der Waals surface area contributed by atoms with Gasteiger partial charge in [-0.2, -0.15) is 0 Å². The van der Waals surface area contributed by atoms with Crippen molar-refractivity contribution >= 4 is 11.3 Å². The van der Waals surface area contributed by atoms with Crippen molar-refractivity contribution < 1.29 is 9.15 Å². The number of thiophene rings is 1. The Kier molecular flexibility index (Phi) is 4.77. The summed E-state index contributed by atoms with van der Waals surface area (Å²) < 4.78 is 11.8. The second-order valence-corrected chi connectivity index (χ2v) is 8.23. The number of likely N-dealkylation sites (N-methyl/N-ethyl adjacent to an activating group) is 1. The van der Waals surface area contributed by atoms with Crippen molar-refractivity contribution in [1.82, 2.24) is 9.80 Å². The number of furan rings is 1. The first-order valence-corrected chi connectivity index (χ1v) is 9.72. The van der Waals surface area contributed by atoms with Crippen molar-refractivity contribution in [2.75, 3.05) is 26.7 Å². The van der Waals surface area contributed by atoms with Crippen LogP contribution >= 0.6 is 11.3 Å². The summed E-state index contributed by atoms with van der Waals surface area (Å²) in [6.45, 7) is 5.10. The van der Waals surface area contributed by atoms with Gasteiger partial charge in [-0.3, -0.25) is 9.80 Å². The highest BCUT2D eigenvalue weighted by Gasteiger charge is 2.43. The van der Waals surface area contributed by atoms with Crippen LogP contribution in [0.1, 0.15) is 29.9 Å². The highest BCUT2D eigenvalue weighted by atomic mass is 32.1. The van der Waals surface area contributed by atoms with Gasteiger partial charge in [-0.25, -0.2) is 0 Å². The molecule has 5 heteroatoms. The predicted octanol–water partition coefficient (Wildman–Crippen LogP) is 3.60. The van der Waals surface area contributed by atoms with Gasteiger partial charge in [-0.15, -0.1) is 11.3 Å². The van der Waals surface area contributed by atoms with E-state index in [0.717, 1.165) is 57.8 Å². The maximum Gasteiger partial charge on any atom is 0.117 e. The van der Waals surface area contributed by atoms with E-state index in [4.69, 9.17) is 9.15 Å². The minimum Gasteiger partial charge on any atom is -0.468 e. The van der Waals surface area contributed by atoms with Crippen LogP contribution in [0.4, 0.5) is 0 Å². The molecule has 0 amide bonds. The second-order valence-electron chi connectivity index (χ2n) is 7.20. The van der Waals surface area contributed by atoms with E-state index in [-0.39, 0.29) is 5.60 Å². The third-order valence-electron chi connectivity index (χ3n) is 5.53. The molecule has 0 N–H and O–H groups in total. The quantitative estimate of drug-likeness (QED) is 0.827. The van der Waals surface area contributed by atoms with E-state index >= 15 is 0 Å². The van der Waals surface area contributed by atoms with Crippen LogP contribution in [-0.4, -0.2) is 48.2 Å². The van der Waals surface area contributed by atoms with E-state index < -0.39 is 0 Å². The smallest absolute Gasteiger partial charge is 0.117 e. The molecule has 0 saturated carbocycles. The van der Waals surface area contributed by atoms with Crippen molar-refractivity contribution in [2.45, 2.75) is 44.0 Å². The highest BCUT2D eigenvalue weighted by Crippen LogP contribution is 2.38. The molecule has 4 rings (SSSR count). The van der Waals surface area contributed by atoms with Gasteiger partial charge in [0.05, 0.1) is 25.0 Å². The Labute approximate surface area is 148 Å². The van der Waals surface area contributed by atoms with E-state index in [2.05, 4.69) is 34.4 Å². The monoisotopic (exact) mass is 346 g/mol. The van der Waals surface area contributed by atoms with Crippen LogP contribution in [0.3, 0.4) is 0 Å². The maximum absolute atomic E-state index is 6.32. The van der Waals surface area contributed by atoms with Gasteiger partial charge >= 0.3 is 0 Å². The number of hydrogen-bond acceptors (Lipinski definition) is 5. The molecule has 2 aliphatic rings. The summed E-state index contributed by atoms with van der Waals surface area (Å²) in [5.74, 6) is 1.03. The van der Waals surface area contributed by atoms with Crippen LogP contribution in [0.25, 0.3) is 0 Å². The van der Waals surface area contributed by atoms with Gasteiger partial charge in [0, 0.05) is 30.6 Å². The number of rotatable bonds is 5. The number of nitrogens with zero attached hydrogens (tertiary/aromatic N) is 2. The molecule has 4 heterocycles. The predicted molar refractivity (Wildman–Crippen MR) is 96.1 cm³/mol. The molecular formula is C19H26N2O2S. The zero-order valence-corrected chi connectivity index (χ0v) is 15.1. The molecule has 1 atom stereocenters. The zero-order valence-electron chi connectivity index (χ0n) is 14.3. The lowest BCUT2D eigenvalue weighted by Gasteiger charge is -2.38. The van der Waals surface area contributed by atoms with Crippen molar-refractivity contribution in [3.63, 3.8) is 0 Å². The summed E-state index contributed by atoms with van der Waals surface area (Å²) >= 11 is 1.86. The Morgan fingerprint density at radius 1 is 1.29 bits per heavy atom. The molecule has 0 radical (unpaired) electrons. The number of ether oxygens (including phenoxy) is 1. The minimum atomic E-state index is 0.105. The molecule has 1 spiro atoms. The first-order chi connectivity index (χ1) is 11.7. The normalized spacial score (nSPS) is 24.2. The van der Waals surface area contributed by atoms with Crippen LogP contribution in [0.15, 0.2) is 40.3 Å². The molecule has 2 aromatic heterocycles. The Morgan fingerprint density at radius 2 is 2.17 bits per heavy atom. The maximum atomic E-state index is 6.32. The van der Waals surface area contributed by atoms with Gasteiger partial charge < -0.3 is 9.15 Å². The van der Waals surface area contributed by atoms with Crippen LogP contribution in [-0.2, 0) is 17.8 Å². The fourth-order valence-electron chi connectivity index (χ4n) is 3.97. The third-order valence-corrected chi connectivity index (χ3v) is 6.39. The zero-order chi connectivity index (χ0) is 16.4. The summed E-state index contributed by atoms with van der Waals surface area (Å²) in [6.07, 6.45) is 5.21. The van der Waals surface area contributed by atoms with E-state index in [1.807, 2.05) is 23.5 Å². The first kappa shape index (κ1) is 16.3. The lowest BCUT2D eigenvalue weighted by atomic mass is 9.87. The molecule has 1 unspecified atom stereocenters. The Balaban J connectivity index is 1.28. The molecule has 0 aromatic carbocycles. The van der Waals surface area contributed by atoms with Crippen LogP contribution in [0.2, 0.25) is 0 Å².